The van der Waals surface area contributed by atoms with Gasteiger partial charge in [0.2, 0.25) is 5.91 Å². The Labute approximate surface area is 202 Å². The highest BCUT2D eigenvalue weighted by atomic mass is 16.5. The zero-order chi connectivity index (χ0) is 24.1. The summed E-state index contributed by atoms with van der Waals surface area (Å²) in [5, 5.41) is 0. The molecule has 1 heterocycles. The second kappa shape index (κ2) is 10.9. The minimum absolute atomic E-state index is 0.00447. The highest BCUT2D eigenvalue weighted by Gasteiger charge is 2.43. The summed E-state index contributed by atoms with van der Waals surface area (Å²) in [5.74, 6) is 1.20. The maximum atomic E-state index is 14.0. The van der Waals surface area contributed by atoms with E-state index in [1.165, 1.54) is 12.8 Å². The lowest BCUT2D eigenvalue weighted by atomic mass is 9.96. The molecule has 4 rings (SSSR count). The molecule has 2 amide bonds. The van der Waals surface area contributed by atoms with E-state index in [2.05, 4.69) is 0 Å². The lowest BCUT2D eigenvalue weighted by Crippen LogP contribution is -2.57. The van der Waals surface area contributed by atoms with Crippen LogP contribution < -0.4 is 9.47 Å². The number of carbonyl (C=O) groups excluding carboxylic acids is 2. The molecule has 0 unspecified atom stereocenters. The molecule has 2 aromatic rings. The average molecular weight is 465 g/mol. The number of benzene rings is 2. The van der Waals surface area contributed by atoms with Gasteiger partial charge < -0.3 is 19.3 Å². The van der Waals surface area contributed by atoms with Gasteiger partial charge in [-0.2, -0.15) is 0 Å². The van der Waals surface area contributed by atoms with Crippen LogP contribution in [0.1, 0.15) is 68.2 Å². The van der Waals surface area contributed by atoms with Crippen molar-refractivity contribution in [2.45, 2.75) is 71.0 Å². The fourth-order valence-corrected chi connectivity index (χ4v) is 5.15. The van der Waals surface area contributed by atoms with Gasteiger partial charge >= 0.3 is 0 Å². The third-order valence-corrected chi connectivity index (χ3v) is 7.00. The van der Waals surface area contributed by atoms with E-state index in [4.69, 9.17) is 9.47 Å². The molecule has 6 nitrogen and oxygen atoms in total. The van der Waals surface area contributed by atoms with Crippen molar-refractivity contribution in [3.63, 3.8) is 0 Å². The van der Waals surface area contributed by atoms with Crippen molar-refractivity contribution in [1.29, 1.82) is 0 Å². The maximum Gasteiger partial charge on any atom is 0.250 e. The SMILES string of the molecule is CCOc1ccc([C@H]2C(=O)N(C3CCCCCC3)CC(=O)N2Cc2ccc(C)cc2)cc1OC. The van der Waals surface area contributed by atoms with Crippen molar-refractivity contribution in [2.24, 2.45) is 0 Å². The fraction of sp³-hybridized carbons (Fsp3) is 0.500. The van der Waals surface area contributed by atoms with Crippen molar-refractivity contribution < 1.29 is 19.1 Å². The number of ether oxygens (including phenoxy) is 2. The Morgan fingerprint density at radius 1 is 0.941 bits per heavy atom. The highest BCUT2D eigenvalue weighted by Crippen LogP contribution is 2.37. The molecule has 1 saturated carbocycles. The van der Waals surface area contributed by atoms with Crippen LogP contribution in [-0.4, -0.2) is 47.9 Å². The number of rotatable bonds is 7. The Hall–Kier alpha value is -3.02. The van der Waals surface area contributed by atoms with E-state index >= 15 is 0 Å². The first-order valence-corrected chi connectivity index (χ1v) is 12.5. The van der Waals surface area contributed by atoms with Crippen molar-refractivity contribution in [3.8, 4) is 11.5 Å². The molecule has 182 valence electrons. The normalized spacial score (nSPS) is 19.8. The number of hydrogen-bond donors (Lipinski definition) is 0. The summed E-state index contributed by atoms with van der Waals surface area (Å²) < 4.78 is 11.2. The summed E-state index contributed by atoms with van der Waals surface area (Å²) in [6, 6.07) is 13.2. The van der Waals surface area contributed by atoms with Crippen LogP contribution in [0.3, 0.4) is 0 Å². The topological polar surface area (TPSA) is 59.1 Å². The summed E-state index contributed by atoms with van der Waals surface area (Å²) in [6.45, 7) is 5.03. The fourth-order valence-electron chi connectivity index (χ4n) is 5.15. The summed E-state index contributed by atoms with van der Waals surface area (Å²) >= 11 is 0. The van der Waals surface area contributed by atoms with Crippen LogP contribution in [-0.2, 0) is 16.1 Å². The molecule has 0 radical (unpaired) electrons. The van der Waals surface area contributed by atoms with Crippen LogP contribution in [0.2, 0.25) is 0 Å². The monoisotopic (exact) mass is 464 g/mol. The molecule has 0 aromatic heterocycles. The Morgan fingerprint density at radius 2 is 1.65 bits per heavy atom. The minimum atomic E-state index is -0.685. The van der Waals surface area contributed by atoms with Gasteiger partial charge in [0.25, 0.3) is 5.91 Å². The van der Waals surface area contributed by atoms with Crippen LogP contribution in [0.25, 0.3) is 0 Å². The van der Waals surface area contributed by atoms with Crippen molar-refractivity contribution in [2.75, 3.05) is 20.3 Å². The van der Waals surface area contributed by atoms with Gasteiger partial charge in [-0.1, -0.05) is 61.6 Å². The molecular weight excluding hydrogens is 428 g/mol. The van der Waals surface area contributed by atoms with Crippen molar-refractivity contribution in [3.05, 3.63) is 59.2 Å². The van der Waals surface area contributed by atoms with Gasteiger partial charge in [0.1, 0.15) is 12.6 Å². The van der Waals surface area contributed by atoms with E-state index in [0.717, 1.165) is 42.4 Å². The Balaban J connectivity index is 1.71. The first-order valence-electron chi connectivity index (χ1n) is 12.5. The van der Waals surface area contributed by atoms with Gasteiger partial charge in [0.05, 0.1) is 13.7 Å². The Kier molecular flexibility index (Phi) is 7.76. The second-order valence-corrected chi connectivity index (χ2v) is 9.36. The van der Waals surface area contributed by atoms with E-state index < -0.39 is 6.04 Å². The molecule has 6 heteroatoms. The first kappa shape index (κ1) is 24.1. The summed E-state index contributed by atoms with van der Waals surface area (Å²) in [4.78, 5) is 31.1. The van der Waals surface area contributed by atoms with Gasteiger partial charge in [-0.15, -0.1) is 0 Å². The van der Waals surface area contributed by atoms with Crippen LogP contribution >= 0.6 is 0 Å². The lowest BCUT2D eigenvalue weighted by molar-refractivity contribution is -0.159. The van der Waals surface area contributed by atoms with Crippen LogP contribution in [0.15, 0.2) is 42.5 Å². The molecule has 0 N–H and O–H groups in total. The third-order valence-electron chi connectivity index (χ3n) is 7.00. The minimum Gasteiger partial charge on any atom is -0.493 e. The number of amides is 2. The van der Waals surface area contributed by atoms with E-state index in [1.807, 2.05) is 61.2 Å². The Morgan fingerprint density at radius 3 is 2.29 bits per heavy atom. The zero-order valence-electron chi connectivity index (χ0n) is 20.6. The molecule has 1 aliphatic heterocycles. The van der Waals surface area contributed by atoms with Gasteiger partial charge in [-0.25, -0.2) is 0 Å². The van der Waals surface area contributed by atoms with Crippen molar-refractivity contribution >= 4 is 11.8 Å². The van der Waals surface area contributed by atoms with Gasteiger partial charge in [0.15, 0.2) is 11.5 Å². The molecular formula is C28H36N2O4. The van der Waals surface area contributed by atoms with Gasteiger partial charge in [-0.3, -0.25) is 9.59 Å². The third kappa shape index (κ3) is 5.21. The summed E-state index contributed by atoms with van der Waals surface area (Å²) in [6.07, 6.45) is 6.55. The zero-order valence-corrected chi connectivity index (χ0v) is 20.6. The average Bonchev–Trinajstić information content (AvgIpc) is 3.13. The number of methoxy groups -OCH3 is 1. The maximum absolute atomic E-state index is 14.0. The van der Waals surface area contributed by atoms with E-state index in [0.29, 0.717) is 24.7 Å². The van der Waals surface area contributed by atoms with Gasteiger partial charge in [0, 0.05) is 12.6 Å². The largest absolute Gasteiger partial charge is 0.493 e. The molecule has 1 aliphatic carbocycles. The number of aryl methyl sites for hydroxylation is 1. The number of nitrogens with zero attached hydrogens (tertiary/aromatic N) is 2. The molecule has 2 aromatic carbocycles. The number of piperazine rings is 1. The van der Waals surface area contributed by atoms with Crippen molar-refractivity contribution in [1.82, 2.24) is 9.80 Å². The van der Waals surface area contributed by atoms with Gasteiger partial charge in [-0.05, 0) is 49.9 Å². The summed E-state index contributed by atoms with van der Waals surface area (Å²) in [7, 11) is 1.59. The standard InChI is InChI=1S/C28H36N2O4/c1-4-34-24-16-15-22(17-25(24)33-3)27-28(32)29(23-9-7-5-6-8-10-23)19-26(31)30(27)18-21-13-11-20(2)12-14-21/h11-17,23,27H,4-10,18-19H2,1-3H3/t27-/m0/s1. The number of carbonyl (C=O) groups is 2. The molecule has 2 fully saturated rings. The van der Waals surface area contributed by atoms with Crippen LogP contribution in [0.5, 0.6) is 11.5 Å². The highest BCUT2D eigenvalue weighted by molar-refractivity contribution is 5.96. The first-order chi connectivity index (χ1) is 16.5. The lowest BCUT2D eigenvalue weighted by Gasteiger charge is -2.43. The Bertz CT molecular complexity index is 996. The number of hydrogen-bond acceptors (Lipinski definition) is 4. The van der Waals surface area contributed by atoms with E-state index in [1.54, 1.807) is 12.0 Å². The molecule has 0 spiro atoms. The van der Waals surface area contributed by atoms with Crippen LogP contribution in [0.4, 0.5) is 0 Å². The van der Waals surface area contributed by atoms with E-state index in [9.17, 15) is 9.59 Å². The summed E-state index contributed by atoms with van der Waals surface area (Å²) in [5.41, 5.74) is 2.93. The van der Waals surface area contributed by atoms with E-state index in [-0.39, 0.29) is 24.4 Å². The molecule has 34 heavy (non-hydrogen) atoms. The molecule has 0 bridgehead atoms. The van der Waals surface area contributed by atoms with Crippen LogP contribution in [0, 0.1) is 6.92 Å². The second-order valence-electron chi connectivity index (χ2n) is 9.36. The quantitative estimate of drug-likeness (QED) is 0.539. The molecule has 1 atom stereocenters. The molecule has 1 saturated heterocycles. The predicted molar refractivity (Wildman–Crippen MR) is 132 cm³/mol. The molecule has 2 aliphatic rings. The smallest absolute Gasteiger partial charge is 0.250 e. The predicted octanol–water partition coefficient (Wildman–Crippen LogP) is 5.04.